The monoisotopic (exact) mass is 407 g/mol. The van der Waals surface area contributed by atoms with Crippen molar-refractivity contribution in [2.45, 2.75) is 6.54 Å². The number of nitrogens with zero attached hydrogens (tertiary/aromatic N) is 4. The van der Waals surface area contributed by atoms with Gasteiger partial charge in [0.1, 0.15) is 17.2 Å². The Balaban J connectivity index is 1.34. The van der Waals surface area contributed by atoms with E-state index in [1.165, 1.54) is 6.07 Å². The van der Waals surface area contributed by atoms with Gasteiger partial charge in [-0.2, -0.15) is 0 Å². The number of rotatable bonds is 4. The molecule has 6 nitrogen and oxygen atoms in total. The predicted octanol–water partition coefficient (Wildman–Crippen LogP) is 4.20. The van der Waals surface area contributed by atoms with Gasteiger partial charge in [0.05, 0.1) is 24.4 Å². The van der Waals surface area contributed by atoms with Crippen molar-refractivity contribution in [3.05, 3.63) is 88.6 Å². The maximum atomic E-state index is 14.0. The Morgan fingerprint density at radius 2 is 1.93 bits per heavy atom. The molecule has 2 aliphatic heterocycles. The van der Waals surface area contributed by atoms with Gasteiger partial charge in [-0.1, -0.05) is 28.9 Å². The summed E-state index contributed by atoms with van der Waals surface area (Å²) in [6, 6.07) is 15.8. The van der Waals surface area contributed by atoms with Gasteiger partial charge in [0.25, 0.3) is 0 Å². The zero-order valence-electron chi connectivity index (χ0n) is 15.1. The van der Waals surface area contributed by atoms with E-state index < -0.39 is 0 Å². The summed E-state index contributed by atoms with van der Waals surface area (Å²) in [5.41, 5.74) is 6.79. The molecule has 29 heavy (non-hydrogen) atoms. The van der Waals surface area contributed by atoms with Crippen LogP contribution >= 0.6 is 11.6 Å². The van der Waals surface area contributed by atoms with Gasteiger partial charge in [-0.3, -0.25) is 0 Å². The fourth-order valence-corrected chi connectivity index (χ4v) is 3.29. The van der Waals surface area contributed by atoms with Crippen molar-refractivity contribution >= 4 is 23.1 Å². The minimum absolute atomic E-state index is 0.336. The van der Waals surface area contributed by atoms with Crippen molar-refractivity contribution in [3.8, 4) is 11.3 Å². The normalized spacial score (nSPS) is 15.7. The van der Waals surface area contributed by atoms with Crippen LogP contribution in [0.2, 0.25) is 5.02 Å². The van der Waals surface area contributed by atoms with E-state index in [1.54, 1.807) is 18.2 Å². The molecule has 2 aliphatic rings. The first kappa shape index (κ1) is 17.8. The maximum Gasteiger partial charge on any atom is 0.167 e. The highest BCUT2D eigenvalue weighted by atomic mass is 35.5. The minimum atomic E-state index is -0.336. The van der Waals surface area contributed by atoms with Crippen LogP contribution in [0.1, 0.15) is 11.3 Å². The second-order valence-electron chi connectivity index (χ2n) is 6.64. The molecule has 3 heterocycles. The van der Waals surface area contributed by atoms with Crippen LogP contribution in [-0.4, -0.2) is 28.3 Å². The molecule has 0 saturated carbocycles. The molecule has 144 valence electrons. The molecular formula is C21H15ClFN5O. The number of benzene rings is 2. The number of aliphatic imine (C=N–C) groups is 2. The number of amidine groups is 1. The van der Waals surface area contributed by atoms with Crippen LogP contribution in [0.4, 0.5) is 4.39 Å². The summed E-state index contributed by atoms with van der Waals surface area (Å²) < 4.78 is 19.5. The average molecular weight is 408 g/mol. The van der Waals surface area contributed by atoms with E-state index in [2.05, 4.69) is 20.6 Å². The minimum Gasteiger partial charge on any atom is -0.356 e. The van der Waals surface area contributed by atoms with Gasteiger partial charge in [0, 0.05) is 22.9 Å². The summed E-state index contributed by atoms with van der Waals surface area (Å²) in [5, 5.41) is 6.67. The standard InChI is InChI=1S/C21H15ClFN5O/c22-14-7-5-13(6-8-14)20-9-15(27-29-20)11-28-12-19-18(10-24-28)25-21(26-19)16-3-1-2-4-17(16)23/h1-9,12,24H,10-11H2. The van der Waals surface area contributed by atoms with Crippen molar-refractivity contribution in [1.29, 1.82) is 0 Å². The maximum absolute atomic E-state index is 14.0. The summed E-state index contributed by atoms with van der Waals surface area (Å²) >= 11 is 5.93. The quantitative estimate of drug-likeness (QED) is 0.704. The van der Waals surface area contributed by atoms with Gasteiger partial charge in [0.2, 0.25) is 0 Å². The van der Waals surface area contributed by atoms with Crippen LogP contribution in [0.15, 0.2) is 81.0 Å². The number of nitrogens with one attached hydrogen (secondary N) is 1. The molecule has 5 rings (SSSR count). The smallest absolute Gasteiger partial charge is 0.167 e. The van der Waals surface area contributed by atoms with Crippen molar-refractivity contribution in [2.75, 3.05) is 6.54 Å². The fourth-order valence-electron chi connectivity index (χ4n) is 3.17. The molecular weight excluding hydrogens is 393 g/mol. The summed E-state index contributed by atoms with van der Waals surface area (Å²) in [4.78, 5) is 8.95. The third-order valence-electron chi connectivity index (χ3n) is 4.63. The van der Waals surface area contributed by atoms with Crippen molar-refractivity contribution in [2.24, 2.45) is 9.98 Å². The van der Waals surface area contributed by atoms with Crippen LogP contribution in [0.3, 0.4) is 0 Å². The van der Waals surface area contributed by atoms with E-state index >= 15 is 0 Å². The first-order valence-corrected chi connectivity index (χ1v) is 9.38. The number of fused-ring (bicyclic) bond motifs is 1. The van der Waals surface area contributed by atoms with E-state index in [0.29, 0.717) is 41.0 Å². The van der Waals surface area contributed by atoms with Gasteiger partial charge >= 0.3 is 0 Å². The van der Waals surface area contributed by atoms with Crippen molar-refractivity contribution in [1.82, 2.24) is 15.6 Å². The third-order valence-corrected chi connectivity index (χ3v) is 4.88. The van der Waals surface area contributed by atoms with Crippen molar-refractivity contribution in [3.63, 3.8) is 0 Å². The number of hydrogen-bond acceptors (Lipinski definition) is 6. The molecule has 0 amide bonds. The molecule has 0 saturated heterocycles. The largest absolute Gasteiger partial charge is 0.356 e. The van der Waals surface area contributed by atoms with Gasteiger partial charge in [-0.05, 0) is 36.4 Å². The molecule has 3 aromatic rings. The molecule has 0 radical (unpaired) electrons. The van der Waals surface area contributed by atoms with Crippen LogP contribution in [-0.2, 0) is 6.54 Å². The first-order valence-electron chi connectivity index (χ1n) is 9.01. The Labute approximate surface area is 171 Å². The third kappa shape index (κ3) is 3.57. The molecule has 0 aliphatic carbocycles. The van der Waals surface area contributed by atoms with Crippen LogP contribution < -0.4 is 5.43 Å². The molecule has 0 atom stereocenters. The molecule has 0 spiro atoms. The Morgan fingerprint density at radius 1 is 1.10 bits per heavy atom. The molecule has 0 bridgehead atoms. The van der Waals surface area contributed by atoms with Gasteiger partial charge < -0.3 is 9.53 Å². The molecule has 0 unspecified atom stereocenters. The summed E-state index contributed by atoms with van der Waals surface area (Å²) in [6.07, 6.45) is 1.84. The van der Waals surface area contributed by atoms with E-state index in [0.717, 1.165) is 17.0 Å². The van der Waals surface area contributed by atoms with Crippen LogP contribution in [0.5, 0.6) is 0 Å². The Morgan fingerprint density at radius 3 is 2.76 bits per heavy atom. The number of hydrazine groups is 1. The Kier molecular flexibility index (Phi) is 4.46. The molecule has 2 aromatic carbocycles. The number of hydrogen-bond donors (Lipinski definition) is 1. The molecule has 1 aromatic heterocycles. The average Bonchev–Trinajstić information content (AvgIpc) is 3.35. The van der Waals surface area contributed by atoms with Crippen LogP contribution in [0.25, 0.3) is 11.3 Å². The van der Waals surface area contributed by atoms with E-state index in [9.17, 15) is 4.39 Å². The molecule has 1 N–H and O–H groups in total. The lowest BCUT2D eigenvalue weighted by Gasteiger charge is -2.24. The Hall–Kier alpha value is -3.29. The lowest BCUT2D eigenvalue weighted by molar-refractivity contribution is 0.263. The second-order valence-corrected chi connectivity index (χ2v) is 7.08. The lowest BCUT2D eigenvalue weighted by Crippen LogP contribution is -2.41. The summed E-state index contributed by atoms with van der Waals surface area (Å²) in [7, 11) is 0. The topological polar surface area (TPSA) is 66.0 Å². The molecule has 0 fully saturated rings. The summed E-state index contributed by atoms with van der Waals surface area (Å²) in [6.45, 7) is 0.980. The predicted molar refractivity (Wildman–Crippen MR) is 109 cm³/mol. The lowest BCUT2D eigenvalue weighted by atomic mass is 10.1. The van der Waals surface area contributed by atoms with E-state index in [-0.39, 0.29) is 5.82 Å². The number of halogens is 2. The number of aromatic nitrogens is 1. The van der Waals surface area contributed by atoms with E-state index in [1.807, 2.05) is 41.5 Å². The highest BCUT2D eigenvalue weighted by Crippen LogP contribution is 2.24. The second kappa shape index (κ2) is 7.27. The van der Waals surface area contributed by atoms with Crippen molar-refractivity contribution < 1.29 is 8.91 Å². The molecule has 8 heteroatoms. The summed E-state index contributed by atoms with van der Waals surface area (Å²) in [5.74, 6) is 0.723. The highest BCUT2D eigenvalue weighted by molar-refractivity contribution is 6.30. The SMILES string of the molecule is Fc1ccccc1C1=NC2=CN(Cc3cc(-c4ccc(Cl)cc4)on3)NCC2=N1. The van der Waals surface area contributed by atoms with E-state index in [4.69, 9.17) is 16.1 Å². The van der Waals surface area contributed by atoms with Gasteiger partial charge in [0.15, 0.2) is 11.6 Å². The fraction of sp³-hybridized carbons (Fsp3) is 0.0952. The van der Waals surface area contributed by atoms with Gasteiger partial charge in [-0.25, -0.2) is 19.8 Å². The Bertz CT molecular complexity index is 1170. The zero-order chi connectivity index (χ0) is 19.8. The highest BCUT2D eigenvalue weighted by Gasteiger charge is 2.24. The zero-order valence-corrected chi connectivity index (χ0v) is 15.9. The first-order chi connectivity index (χ1) is 14.2. The van der Waals surface area contributed by atoms with Crippen LogP contribution in [0, 0.1) is 5.82 Å². The van der Waals surface area contributed by atoms with Gasteiger partial charge in [-0.15, -0.1) is 0 Å².